The molecule has 4 atom stereocenters. The molecule has 2 nitrogen and oxygen atoms in total. The van der Waals surface area contributed by atoms with Crippen LogP contribution in [-0.2, 0) is 43.3 Å². The molecule has 10 rings (SSSR count). The number of aryl methyl sites for hydroxylation is 2. The second kappa shape index (κ2) is 23.6. The molecule has 1 heterocycles. The van der Waals surface area contributed by atoms with Crippen molar-refractivity contribution in [3.63, 3.8) is 0 Å². The van der Waals surface area contributed by atoms with Crippen LogP contribution < -0.4 is 9.80 Å². The van der Waals surface area contributed by atoms with Crippen molar-refractivity contribution in [2.24, 2.45) is 0 Å². The van der Waals surface area contributed by atoms with Gasteiger partial charge in [-0.3, -0.25) is 0 Å². The van der Waals surface area contributed by atoms with Crippen LogP contribution in [-0.4, -0.2) is 6.67 Å². The Morgan fingerprint density at radius 3 is 0.677 bits per heavy atom. The summed E-state index contributed by atoms with van der Waals surface area (Å²) in [6.45, 7) is 72.6. The smallest absolute Gasteiger partial charge is 0.100 e. The van der Waals surface area contributed by atoms with Crippen molar-refractivity contribution in [2.75, 3.05) is 16.5 Å². The van der Waals surface area contributed by atoms with Crippen LogP contribution in [0.3, 0.4) is 0 Å². The van der Waals surface area contributed by atoms with E-state index in [0.29, 0.717) is 6.67 Å². The molecule has 492 valence electrons. The Morgan fingerprint density at radius 1 is 0.280 bits per heavy atom. The summed E-state index contributed by atoms with van der Waals surface area (Å²) in [4.78, 5) is 5.69. The average Bonchev–Trinajstić information content (AvgIpc) is 1.55. The number of anilines is 2. The lowest BCUT2D eigenvalue weighted by atomic mass is 9.75. The Kier molecular flexibility index (Phi) is 17.6. The van der Waals surface area contributed by atoms with Crippen LogP contribution in [0.4, 0.5) is 11.4 Å². The largest absolute Gasteiger partial charge is 0.320 e. The van der Waals surface area contributed by atoms with Crippen molar-refractivity contribution in [1.29, 1.82) is 0 Å². The van der Waals surface area contributed by atoms with Gasteiger partial charge in [0.1, 0.15) is 6.67 Å². The van der Waals surface area contributed by atoms with Crippen molar-refractivity contribution < 1.29 is 0 Å². The van der Waals surface area contributed by atoms with Crippen LogP contribution in [0, 0.1) is 13.8 Å². The Morgan fingerprint density at radius 2 is 0.484 bits per heavy atom. The number of benzene rings is 8. The van der Waals surface area contributed by atoms with Crippen molar-refractivity contribution in [1.82, 2.24) is 0 Å². The van der Waals surface area contributed by atoms with E-state index >= 15 is 0 Å². The zero-order chi connectivity index (χ0) is 68.7. The first-order chi connectivity index (χ1) is 42.6. The minimum absolute atomic E-state index is 0.0420. The van der Waals surface area contributed by atoms with E-state index in [9.17, 15) is 0 Å². The van der Waals surface area contributed by atoms with Crippen molar-refractivity contribution in [3.8, 4) is 0 Å². The highest BCUT2D eigenvalue weighted by molar-refractivity contribution is 6.21. The zero-order valence-corrected chi connectivity index (χ0v) is 63.6. The first-order valence-corrected chi connectivity index (χ1v) is 35.4. The van der Waals surface area contributed by atoms with E-state index in [0.717, 1.165) is 0 Å². The first kappa shape index (κ1) is 69.2. The zero-order valence-electron chi connectivity index (χ0n) is 63.6. The molecule has 0 N–H and O–H groups in total. The molecule has 2 aliphatic rings. The van der Waals surface area contributed by atoms with Gasteiger partial charge in [0, 0.05) is 40.2 Å². The van der Waals surface area contributed by atoms with Gasteiger partial charge in [-0.25, -0.2) is 0 Å². The van der Waals surface area contributed by atoms with Crippen LogP contribution in [0.25, 0.3) is 22.2 Å². The topological polar surface area (TPSA) is 6.48 Å². The monoisotopic (exact) mass is 1240 g/mol. The molecule has 8 aromatic rings. The van der Waals surface area contributed by atoms with Gasteiger partial charge in [0.25, 0.3) is 0 Å². The summed E-state index contributed by atoms with van der Waals surface area (Å²) in [5, 5.41) is 2.62. The van der Waals surface area contributed by atoms with Crippen molar-refractivity contribution in [3.05, 3.63) is 245 Å². The van der Waals surface area contributed by atoms with Crippen molar-refractivity contribution >= 4 is 33.5 Å². The maximum Gasteiger partial charge on any atom is 0.100 e. The van der Waals surface area contributed by atoms with Crippen LogP contribution >= 0.6 is 0 Å². The lowest BCUT2D eigenvalue weighted by molar-refractivity contribution is 0.565. The summed E-state index contributed by atoms with van der Waals surface area (Å²) in [5.41, 5.74) is 32.2. The van der Waals surface area contributed by atoms with E-state index in [1.54, 1.807) is 0 Å². The normalized spacial score (nSPS) is 15.8. The van der Waals surface area contributed by atoms with Gasteiger partial charge in [-0.05, 0) is 152 Å². The molecular formula is C91H118N2. The summed E-state index contributed by atoms with van der Waals surface area (Å²) in [7, 11) is 0. The lowest BCUT2D eigenvalue weighted by Gasteiger charge is -2.36. The number of rotatable bonds is 10. The van der Waals surface area contributed by atoms with Gasteiger partial charge in [-0.2, -0.15) is 0 Å². The third-order valence-corrected chi connectivity index (χ3v) is 21.2. The Labute approximate surface area is 566 Å². The summed E-state index contributed by atoms with van der Waals surface area (Å²) in [6, 6.07) is 54.9. The van der Waals surface area contributed by atoms with Crippen LogP contribution in [0.2, 0.25) is 0 Å². The Bertz CT molecular complexity index is 3620. The first-order valence-electron chi connectivity index (χ1n) is 35.4. The van der Waals surface area contributed by atoms with Gasteiger partial charge in [-0.15, -0.1) is 0 Å². The second-order valence-corrected chi connectivity index (χ2v) is 37.2. The molecule has 0 bridgehead atoms. The van der Waals surface area contributed by atoms with Gasteiger partial charge < -0.3 is 9.80 Å². The van der Waals surface area contributed by atoms with E-state index in [2.05, 4.69) is 351 Å². The summed E-state index contributed by atoms with van der Waals surface area (Å²) >= 11 is 0. The SMILES string of the molecule is Cc1cc([C@H](C)c2cc(C(C)(C)C)cc(C(C)(C)C)c2)c(N2CN(c3c([C@H](C)c4cc(C(C)(C)C)cc(C(C)(C)C)c4)cc(C)cc3[C@H](C)c3cc(C(C)(C)C)cc(C(C)(C)C)c3)C3=C2c2cccc4cccc3c24)c([C@H](C)c2cc(C(C)(C)C)cc(C(C)(C)C)c2)c1. The molecule has 0 aromatic heterocycles. The van der Waals surface area contributed by atoms with Crippen LogP contribution in [0.5, 0.6) is 0 Å². The molecule has 1 aliphatic carbocycles. The molecule has 0 saturated carbocycles. The van der Waals surface area contributed by atoms with Gasteiger partial charge in [0.2, 0.25) is 0 Å². The summed E-state index contributed by atoms with van der Waals surface area (Å²) in [5.74, 6) is 0.177. The molecule has 0 saturated heterocycles. The van der Waals surface area contributed by atoms with E-state index in [4.69, 9.17) is 0 Å². The molecule has 2 heteroatoms. The molecule has 0 spiro atoms. The molecular weight excluding hydrogens is 1120 g/mol. The molecule has 0 fully saturated rings. The molecule has 93 heavy (non-hydrogen) atoms. The Hall–Kier alpha value is -6.64. The van der Waals surface area contributed by atoms with Crippen LogP contribution in [0.15, 0.2) is 133 Å². The number of hydrogen-bond donors (Lipinski definition) is 0. The fourth-order valence-electron chi connectivity index (χ4n) is 14.6. The second-order valence-electron chi connectivity index (χ2n) is 37.2. The number of hydrogen-bond acceptors (Lipinski definition) is 2. The third-order valence-electron chi connectivity index (χ3n) is 21.2. The molecule has 0 unspecified atom stereocenters. The lowest BCUT2D eigenvalue weighted by Crippen LogP contribution is -2.32. The molecule has 1 aliphatic heterocycles. The molecule has 0 radical (unpaired) electrons. The summed E-state index contributed by atoms with van der Waals surface area (Å²) in [6.07, 6.45) is 0. The van der Waals surface area contributed by atoms with Gasteiger partial charge in [0.05, 0.1) is 22.8 Å². The number of nitrogens with zero attached hydrogens (tertiary/aromatic N) is 2. The maximum absolute atomic E-state index is 2.84. The quantitative estimate of drug-likeness (QED) is 0.135. The van der Waals surface area contributed by atoms with Gasteiger partial charge in [-0.1, -0.05) is 338 Å². The number of fused-ring (bicyclic) bond motifs is 2. The van der Waals surface area contributed by atoms with Gasteiger partial charge in [0.15, 0.2) is 0 Å². The molecule has 0 amide bonds. The predicted octanol–water partition coefficient (Wildman–Crippen LogP) is 25.6. The third kappa shape index (κ3) is 13.5. The van der Waals surface area contributed by atoms with Gasteiger partial charge >= 0.3 is 0 Å². The van der Waals surface area contributed by atoms with Crippen LogP contribution in [0.1, 0.15) is 329 Å². The fraction of sp³-hybridized carbons (Fsp3) is 0.473. The van der Waals surface area contributed by atoms with Crippen molar-refractivity contribution in [2.45, 2.75) is 275 Å². The molecule has 8 aromatic carbocycles. The van der Waals surface area contributed by atoms with E-state index in [1.165, 1.54) is 145 Å². The standard InChI is InChI=1S/C91H118N2/c1-54-37-75(56(3)61-41-65(84(7,8)9)49-66(42-61)85(10,11)12)80(76(38-54)57(4)62-43-67(86(13,14)15)50-68(44-62)87(16,17)18)92-53-93(83-74-36-32-34-60-33-31-35-73(79(60)74)82(83)92)81-77(58(5)63-45-69(88(19,20)21)51-70(46-63)89(22,23)24)39-55(2)40-78(81)59(6)64-47-71(90(25,26)27)52-72(48-64)91(28,29)30/h31-52,56-59H,53H2,1-30H3/t56-,57-,58-,59-/m1/s1. The Balaban J connectivity index is 1.35. The van der Waals surface area contributed by atoms with E-state index in [1.807, 2.05) is 0 Å². The minimum Gasteiger partial charge on any atom is -0.320 e. The maximum atomic E-state index is 2.84. The highest BCUT2D eigenvalue weighted by Crippen LogP contribution is 2.57. The van der Waals surface area contributed by atoms with E-state index in [-0.39, 0.29) is 67.0 Å². The highest BCUT2D eigenvalue weighted by Gasteiger charge is 2.44. The van der Waals surface area contributed by atoms with E-state index < -0.39 is 0 Å². The predicted molar refractivity (Wildman–Crippen MR) is 408 cm³/mol. The fourth-order valence-corrected chi connectivity index (χ4v) is 14.6. The summed E-state index contributed by atoms with van der Waals surface area (Å²) < 4.78 is 0. The minimum atomic E-state index is -0.0420. The highest BCUT2D eigenvalue weighted by atomic mass is 15.4. The average molecular weight is 1240 g/mol.